The molecule has 13 heavy (non-hydrogen) atoms. The van der Waals surface area contributed by atoms with Gasteiger partial charge in [0.25, 0.3) is 0 Å². The number of aromatic amines is 1. The molecule has 0 aliphatic carbocycles. The van der Waals surface area contributed by atoms with Crippen molar-refractivity contribution in [3.05, 3.63) is 17.5 Å². The Morgan fingerprint density at radius 2 is 2.23 bits per heavy atom. The van der Waals surface area contributed by atoms with Gasteiger partial charge in [-0.2, -0.15) is 18.3 Å². The number of H-pyrrole nitrogens is 1. The summed E-state index contributed by atoms with van der Waals surface area (Å²) in [4.78, 5) is 0. The average Bonchev–Trinajstić information content (AvgIpc) is 2.31. The predicted octanol–water partition coefficient (Wildman–Crippen LogP) is 0.907. The second kappa shape index (κ2) is 3.08. The number of hydrogen-bond donors (Lipinski definition) is 3. The summed E-state index contributed by atoms with van der Waals surface area (Å²) >= 11 is 0. The first-order valence-corrected chi connectivity index (χ1v) is 3.33. The highest BCUT2D eigenvalue weighted by molar-refractivity contribution is 5.79. The number of alkyl halides is 3. The summed E-state index contributed by atoms with van der Waals surface area (Å²) in [5, 5.41) is 11.9. The Labute approximate surface area is 71.4 Å². The maximum absolute atomic E-state index is 12.1. The van der Waals surface area contributed by atoms with Crippen molar-refractivity contribution in [1.29, 1.82) is 5.41 Å². The first kappa shape index (κ1) is 9.56. The second-order valence-electron chi connectivity index (χ2n) is 2.47. The minimum absolute atomic E-state index is 0.111. The maximum Gasteiger partial charge on any atom is 0.433 e. The normalized spacial score (nSPS) is 11.6. The molecule has 0 unspecified atom stereocenters. The standard InChI is InChI=1S/C6H7F3N4/c7-6(8,9)5-3(1-4(10)11)2-12-13-5/h2H,1H2,(H3,10,11)(H,12,13). The monoisotopic (exact) mass is 192 g/mol. The summed E-state index contributed by atoms with van der Waals surface area (Å²) in [5.74, 6) is -0.327. The Hall–Kier alpha value is -1.53. The van der Waals surface area contributed by atoms with E-state index in [1.54, 1.807) is 0 Å². The zero-order chi connectivity index (χ0) is 10.1. The number of halogens is 3. The predicted molar refractivity (Wildman–Crippen MR) is 39.2 cm³/mol. The van der Waals surface area contributed by atoms with Crippen LogP contribution in [0.25, 0.3) is 0 Å². The molecule has 1 heterocycles. The van der Waals surface area contributed by atoms with Crippen LogP contribution >= 0.6 is 0 Å². The third kappa shape index (κ3) is 2.20. The largest absolute Gasteiger partial charge is 0.433 e. The molecule has 7 heteroatoms. The van der Waals surface area contributed by atoms with E-state index in [0.29, 0.717) is 0 Å². The molecule has 72 valence electrons. The van der Waals surface area contributed by atoms with Gasteiger partial charge in [0.2, 0.25) is 0 Å². The number of nitrogens with zero attached hydrogens (tertiary/aromatic N) is 1. The lowest BCUT2D eigenvalue weighted by atomic mass is 10.1. The summed E-state index contributed by atoms with van der Waals surface area (Å²) < 4.78 is 36.4. The van der Waals surface area contributed by atoms with Crippen LogP contribution in [0.15, 0.2) is 6.20 Å². The number of aromatic nitrogens is 2. The first-order valence-electron chi connectivity index (χ1n) is 3.33. The van der Waals surface area contributed by atoms with Gasteiger partial charge >= 0.3 is 6.18 Å². The van der Waals surface area contributed by atoms with E-state index >= 15 is 0 Å². The summed E-state index contributed by atoms with van der Waals surface area (Å²) in [5.41, 5.74) is 3.92. The first-order chi connectivity index (χ1) is 5.91. The molecule has 4 N–H and O–H groups in total. The molecule has 0 atom stereocenters. The van der Waals surface area contributed by atoms with E-state index in [9.17, 15) is 13.2 Å². The van der Waals surface area contributed by atoms with Gasteiger partial charge in [-0.1, -0.05) is 0 Å². The molecule has 1 rings (SSSR count). The van der Waals surface area contributed by atoms with Gasteiger partial charge in [0.15, 0.2) is 0 Å². The Bertz CT molecular complexity index is 314. The van der Waals surface area contributed by atoms with Crippen LogP contribution in [-0.4, -0.2) is 16.0 Å². The molecule has 0 aliphatic heterocycles. The van der Waals surface area contributed by atoms with Crippen molar-refractivity contribution >= 4 is 5.84 Å². The van der Waals surface area contributed by atoms with E-state index in [1.165, 1.54) is 0 Å². The quantitative estimate of drug-likeness (QED) is 0.481. The Balaban J connectivity index is 2.96. The summed E-state index contributed by atoms with van der Waals surface area (Å²) in [6.45, 7) is 0. The Morgan fingerprint density at radius 1 is 1.62 bits per heavy atom. The van der Waals surface area contributed by atoms with Gasteiger partial charge in [0.1, 0.15) is 5.69 Å². The average molecular weight is 192 g/mol. The molecule has 4 nitrogen and oxygen atoms in total. The van der Waals surface area contributed by atoms with E-state index in [-0.39, 0.29) is 17.8 Å². The van der Waals surface area contributed by atoms with E-state index in [4.69, 9.17) is 11.1 Å². The van der Waals surface area contributed by atoms with Crippen molar-refractivity contribution in [2.75, 3.05) is 0 Å². The molecule has 0 bridgehead atoms. The number of hydrogen-bond acceptors (Lipinski definition) is 2. The van der Waals surface area contributed by atoms with E-state index < -0.39 is 11.9 Å². The highest BCUT2D eigenvalue weighted by Gasteiger charge is 2.35. The summed E-state index contributed by atoms with van der Waals surface area (Å²) in [7, 11) is 0. The smallest absolute Gasteiger partial charge is 0.387 e. The molecule has 0 saturated carbocycles. The molecule has 0 spiro atoms. The molecule has 1 aromatic heterocycles. The molecule has 0 aliphatic rings. The van der Waals surface area contributed by atoms with E-state index in [0.717, 1.165) is 6.20 Å². The topological polar surface area (TPSA) is 78.6 Å². The van der Waals surface area contributed by atoms with Crippen molar-refractivity contribution in [2.24, 2.45) is 5.73 Å². The zero-order valence-corrected chi connectivity index (χ0v) is 6.44. The SMILES string of the molecule is N=C(N)Cc1cn[nH]c1C(F)(F)F. The van der Waals surface area contributed by atoms with Crippen LogP contribution in [-0.2, 0) is 12.6 Å². The van der Waals surface area contributed by atoms with Crippen molar-refractivity contribution in [3.8, 4) is 0 Å². The zero-order valence-electron chi connectivity index (χ0n) is 6.44. The van der Waals surface area contributed by atoms with E-state index in [2.05, 4.69) is 5.10 Å². The fraction of sp³-hybridized carbons (Fsp3) is 0.333. The molecular formula is C6H7F3N4. The van der Waals surface area contributed by atoms with Crippen LogP contribution in [0.1, 0.15) is 11.3 Å². The third-order valence-electron chi connectivity index (χ3n) is 1.38. The van der Waals surface area contributed by atoms with Gasteiger partial charge < -0.3 is 5.73 Å². The van der Waals surface area contributed by atoms with Crippen LogP contribution in [0.5, 0.6) is 0 Å². The molecule has 0 aromatic carbocycles. The van der Waals surface area contributed by atoms with Crippen LogP contribution in [0.2, 0.25) is 0 Å². The van der Waals surface area contributed by atoms with E-state index in [1.807, 2.05) is 5.10 Å². The highest BCUT2D eigenvalue weighted by Crippen LogP contribution is 2.29. The molecule has 0 radical (unpaired) electrons. The van der Waals surface area contributed by atoms with Gasteiger partial charge in [0, 0.05) is 12.0 Å². The Morgan fingerprint density at radius 3 is 2.69 bits per heavy atom. The molecular weight excluding hydrogens is 185 g/mol. The molecule has 0 saturated heterocycles. The number of nitrogens with two attached hydrogens (primary N) is 1. The Kier molecular flexibility index (Phi) is 2.26. The van der Waals surface area contributed by atoms with Gasteiger partial charge in [-0.3, -0.25) is 10.5 Å². The molecule has 0 fully saturated rings. The minimum Gasteiger partial charge on any atom is -0.387 e. The van der Waals surface area contributed by atoms with Gasteiger partial charge in [-0.15, -0.1) is 0 Å². The fourth-order valence-electron chi connectivity index (χ4n) is 0.896. The minimum atomic E-state index is -4.47. The number of rotatable bonds is 2. The van der Waals surface area contributed by atoms with Gasteiger partial charge in [0.05, 0.1) is 12.0 Å². The van der Waals surface area contributed by atoms with Crippen LogP contribution in [0.4, 0.5) is 13.2 Å². The second-order valence-corrected chi connectivity index (χ2v) is 2.47. The fourth-order valence-corrected chi connectivity index (χ4v) is 0.896. The highest BCUT2D eigenvalue weighted by atomic mass is 19.4. The van der Waals surface area contributed by atoms with Gasteiger partial charge in [-0.25, -0.2) is 0 Å². The number of nitrogens with one attached hydrogen (secondary N) is 2. The molecule has 1 aromatic rings. The van der Waals surface area contributed by atoms with Gasteiger partial charge in [-0.05, 0) is 0 Å². The maximum atomic E-state index is 12.1. The lowest BCUT2D eigenvalue weighted by Gasteiger charge is -2.05. The van der Waals surface area contributed by atoms with Crippen LogP contribution in [0.3, 0.4) is 0 Å². The van der Waals surface area contributed by atoms with Crippen LogP contribution < -0.4 is 5.73 Å². The lowest BCUT2D eigenvalue weighted by molar-refractivity contribution is -0.141. The van der Waals surface area contributed by atoms with Crippen molar-refractivity contribution < 1.29 is 13.2 Å². The molecule has 0 amide bonds. The van der Waals surface area contributed by atoms with Crippen molar-refractivity contribution in [2.45, 2.75) is 12.6 Å². The van der Waals surface area contributed by atoms with Crippen molar-refractivity contribution in [1.82, 2.24) is 10.2 Å². The summed E-state index contributed by atoms with van der Waals surface area (Å²) in [6.07, 6.45) is -3.70. The third-order valence-corrected chi connectivity index (χ3v) is 1.38. The lowest BCUT2D eigenvalue weighted by Crippen LogP contribution is -2.16. The van der Waals surface area contributed by atoms with Crippen LogP contribution in [0, 0.1) is 5.41 Å². The number of amidine groups is 1. The van der Waals surface area contributed by atoms with Crippen molar-refractivity contribution in [3.63, 3.8) is 0 Å². The summed E-state index contributed by atoms with van der Waals surface area (Å²) in [6, 6.07) is 0.